The maximum atomic E-state index is 12.9. The first kappa shape index (κ1) is 17.9. The average Bonchev–Trinajstić information content (AvgIpc) is 3.13. The van der Waals surface area contributed by atoms with Crippen molar-refractivity contribution in [2.45, 2.75) is 20.3 Å². The van der Waals surface area contributed by atoms with Gasteiger partial charge in [0.05, 0.1) is 5.56 Å². The normalized spacial score (nSPS) is 24.3. The Morgan fingerprint density at radius 3 is 2.40 bits per heavy atom. The minimum Gasteiger partial charge on any atom is -0.345 e. The van der Waals surface area contributed by atoms with Crippen LogP contribution in [-0.4, -0.2) is 72.2 Å². The van der Waals surface area contributed by atoms with Gasteiger partial charge in [-0.2, -0.15) is 11.3 Å². The molecule has 25 heavy (non-hydrogen) atoms. The van der Waals surface area contributed by atoms with Crippen molar-refractivity contribution >= 4 is 29.1 Å². The SMILES string of the molecule is CC(C)C(=O)N1CCN(C(=O)c2ccsc2)C[C@@]2(CC(=O)N(C)C2)C1. The van der Waals surface area contributed by atoms with Crippen molar-refractivity contribution in [1.29, 1.82) is 0 Å². The molecule has 2 aliphatic heterocycles. The quantitative estimate of drug-likeness (QED) is 0.801. The fourth-order valence-corrected chi connectivity index (χ4v) is 4.50. The van der Waals surface area contributed by atoms with Crippen LogP contribution in [0.3, 0.4) is 0 Å². The summed E-state index contributed by atoms with van der Waals surface area (Å²) in [6, 6.07) is 1.83. The summed E-state index contributed by atoms with van der Waals surface area (Å²) in [7, 11) is 1.79. The second-order valence-corrected chi connectivity index (χ2v) is 8.36. The average molecular weight is 363 g/mol. The van der Waals surface area contributed by atoms with E-state index in [1.807, 2.05) is 40.5 Å². The molecule has 3 heterocycles. The zero-order chi connectivity index (χ0) is 18.2. The molecule has 2 aliphatic rings. The number of rotatable bonds is 2. The first-order valence-electron chi connectivity index (χ1n) is 8.65. The van der Waals surface area contributed by atoms with Crippen LogP contribution >= 0.6 is 11.3 Å². The Hall–Kier alpha value is -1.89. The van der Waals surface area contributed by atoms with Crippen LogP contribution in [0.4, 0.5) is 0 Å². The summed E-state index contributed by atoms with van der Waals surface area (Å²) in [5.74, 6) is 0.0699. The van der Waals surface area contributed by atoms with Crippen molar-refractivity contribution in [2.75, 3.05) is 39.8 Å². The van der Waals surface area contributed by atoms with E-state index in [1.54, 1.807) is 11.9 Å². The van der Waals surface area contributed by atoms with E-state index in [4.69, 9.17) is 0 Å². The van der Waals surface area contributed by atoms with Gasteiger partial charge in [-0.1, -0.05) is 13.8 Å². The van der Waals surface area contributed by atoms with Crippen molar-refractivity contribution in [3.05, 3.63) is 22.4 Å². The van der Waals surface area contributed by atoms with Gasteiger partial charge < -0.3 is 14.7 Å². The number of carbonyl (C=O) groups excluding carboxylic acids is 3. The highest BCUT2D eigenvalue weighted by Gasteiger charge is 2.47. The first-order valence-corrected chi connectivity index (χ1v) is 9.60. The van der Waals surface area contributed by atoms with Crippen molar-refractivity contribution in [1.82, 2.24) is 14.7 Å². The molecule has 1 aromatic rings. The molecule has 1 aromatic heterocycles. The van der Waals surface area contributed by atoms with Gasteiger partial charge in [0, 0.05) is 62.9 Å². The Labute approximate surface area is 152 Å². The van der Waals surface area contributed by atoms with Gasteiger partial charge in [0.1, 0.15) is 0 Å². The highest BCUT2D eigenvalue weighted by Crippen LogP contribution is 2.35. The van der Waals surface area contributed by atoms with Crippen molar-refractivity contribution in [3.63, 3.8) is 0 Å². The summed E-state index contributed by atoms with van der Waals surface area (Å²) in [6.45, 7) is 6.44. The third-order valence-electron chi connectivity index (χ3n) is 5.08. The molecule has 0 aliphatic carbocycles. The molecule has 2 saturated heterocycles. The summed E-state index contributed by atoms with van der Waals surface area (Å²) in [6.07, 6.45) is 0.388. The van der Waals surface area contributed by atoms with Gasteiger partial charge in [-0.3, -0.25) is 14.4 Å². The second-order valence-electron chi connectivity index (χ2n) is 7.58. The van der Waals surface area contributed by atoms with Crippen molar-refractivity contribution in [3.8, 4) is 0 Å². The molecule has 0 radical (unpaired) electrons. The second kappa shape index (κ2) is 6.78. The van der Waals surface area contributed by atoms with E-state index in [-0.39, 0.29) is 29.1 Å². The molecule has 0 saturated carbocycles. The summed E-state index contributed by atoms with van der Waals surface area (Å²) < 4.78 is 0. The van der Waals surface area contributed by atoms with Crippen LogP contribution < -0.4 is 0 Å². The molecule has 3 amide bonds. The lowest BCUT2D eigenvalue weighted by molar-refractivity contribution is -0.135. The van der Waals surface area contributed by atoms with E-state index in [2.05, 4.69) is 0 Å². The topological polar surface area (TPSA) is 60.9 Å². The molecular weight excluding hydrogens is 338 g/mol. The van der Waals surface area contributed by atoms with Crippen molar-refractivity contribution < 1.29 is 14.4 Å². The lowest BCUT2D eigenvalue weighted by atomic mass is 9.85. The van der Waals surface area contributed by atoms with E-state index >= 15 is 0 Å². The summed E-state index contributed by atoms with van der Waals surface area (Å²) in [5.41, 5.74) is 0.305. The molecular formula is C18H25N3O3S. The summed E-state index contributed by atoms with van der Waals surface area (Å²) in [4.78, 5) is 43.0. The number of amides is 3. The van der Waals surface area contributed by atoms with E-state index in [0.717, 1.165) is 0 Å². The number of hydrogen-bond donors (Lipinski definition) is 0. The Balaban J connectivity index is 1.88. The van der Waals surface area contributed by atoms with Gasteiger partial charge in [0.25, 0.3) is 5.91 Å². The highest BCUT2D eigenvalue weighted by atomic mass is 32.1. The smallest absolute Gasteiger partial charge is 0.254 e. The maximum Gasteiger partial charge on any atom is 0.254 e. The van der Waals surface area contributed by atoms with Gasteiger partial charge >= 0.3 is 0 Å². The van der Waals surface area contributed by atoms with Crippen LogP contribution in [0.1, 0.15) is 30.6 Å². The predicted molar refractivity (Wildman–Crippen MR) is 96.3 cm³/mol. The number of thiophene rings is 1. The number of hydrogen-bond acceptors (Lipinski definition) is 4. The Bertz CT molecular complexity index is 673. The third kappa shape index (κ3) is 3.56. The standard InChI is InChI=1S/C18H25N3O3S/c1-13(2)16(23)20-5-6-21(17(24)14-4-7-25-9-14)12-18(11-20)8-15(22)19(3)10-18/h4,7,9,13H,5-6,8,10-12H2,1-3H3/t18-/m1/s1. The zero-order valence-corrected chi connectivity index (χ0v) is 15.8. The Morgan fingerprint density at radius 1 is 1.16 bits per heavy atom. The van der Waals surface area contributed by atoms with Crippen molar-refractivity contribution in [2.24, 2.45) is 11.3 Å². The molecule has 1 spiro atoms. The molecule has 6 nitrogen and oxygen atoms in total. The fourth-order valence-electron chi connectivity index (χ4n) is 3.87. The first-order chi connectivity index (χ1) is 11.8. The lowest BCUT2D eigenvalue weighted by Crippen LogP contribution is -2.45. The largest absolute Gasteiger partial charge is 0.345 e. The molecule has 0 aromatic carbocycles. The summed E-state index contributed by atoms with van der Waals surface area (Å²) >= 11 is 1.50. The number of nitrogens with zero attached hydrogens (tertiary/aromatic N) is 3. The molecule has 7 heteroatoms. The van der Waals surface area contributed by atoms with E-state index in [9.17, 15) is 14.4 Å². The van der Waals surface area contributed by atoms with Crippen LogP contribution in [0, 0.1) is 11.3 Å². The van der Waals surface area contributed by atoms with Gasteiger partial charge in [-0.25, -0.2) is 0 Å². The molecule has 0 N–H and O–H groups in total. The van der Waals surface area contributed by atoms with Gasteiger partial charge in [0.2, 0.25) is 11.8 Å². The lowest BCUT2D eigenvalue weighted by Gasteiger charge is -2.33. The minimum absolute atomic E-state index is 0.0125. The zero-order valence-electron chi connectivity index (χ0n) is 15.0. The minimum atomic E-state index is -0.376. The molecule has 136 valence electrons. The van der Waals surface area contributed by atoms with Gasteiger partial charge in [0.15, 0.2) is 0 Å². The van der Waals surface area contributed by atoms with E-state index < -0.39 is 0 Å². The molecule has 2 fully saturated rings. The number of likely N-dealkylation sites (tertiary alicyclic amines) is 1. The van der Waals surface area contributed by atoms with Gasteiger partial charge in [-0.15, -0.1) is 0 Å². The highest BCUT2D eigenvalue weighted by molar-refractivity contribution is 7.08. The third-order valence-corrected chi connectivity index (χ3v) is 5.76. The summed E-state index contributed by atoms with van der Waals surface area (Å²) in [5, 5.41) is 3.74. The Morgan fingerprint density at radius 2 is 1.84 bits per heavy atom. The molecule has 3 rings (SSSR count). The van der Waals surface area contributed by atoms with Gasteiger partial charge in [-0.05, 0) is 11.4 Å². The van der Waals surface area contributed by atoms with Crippen LogP contribution in [0.15, 0.2) is 16.8 Å². The monoisotopic (exact) mass is 363 g/mol. The fraction of sp³-hybridized carbons (Fsp3) is 0.611. The Kier molecular flexibility index (Phi) is 4.86. The van der Waals surface area contributed by atoms with E-state index in [0.29, 0.717) is 44.7 Å². The molecule has 0 unspecified atom stereocenters. The van der Waals surface area contributed by atoms with Crippen LogP contribution in [0.2, 0.25) is 0 Å². The maximum absolute atomic E-state index is 12.9. The number of carbonyl (C=O) groups is 3. The van der Waals surface area contributed by atoms with Crippen LogP contribution in [-0.2, 0) is 9.59 Å². The van der Waals surface area contributed by atoms with Crippen LogP contribution in [0.25, 0.3) is 0 Å². The molecule has 0 bridgehead atoms. The molecule has 1 atom stereocenters. The van der Waals surface area contributed by atoms with Crippen LogP contribution in [0.5, 0.6) is 0 Å². The predicted octanol–water partition coefficient (Wildman–Crippen LogP) is 1.54. The van der Waals surface area contributed by atoms with E-state index in [1.165, 1.54) is 11.3 Å².